The number of allylic oxidation sites excluding steroid dienone is 4. The van der Waals surface area contributed by atoms with Crippen molar-refractivity contribution in [3.8, 4) is 0 Å². The first-order valence-electron chi connectivity index (χ1n) is 4.64. The van der Waals surface area contributed by atoms with Gasteiger partial charge in [-0.15, -0.1) is 0 Å². The molecule has 0 nitrogen and oxygen atoms in total. The van der Waals surface area contributed by atoms with E-state index in [1.54, 1.807) is 0 Å². The van der Waals surface area contributed by atoms with E-state index in [-0.39, 0.29) is 0 Å². The van der Waals surface area contributed by atoms with Crippen LogP contribution in [0.4, 0.5) is 0 Å². The summed E-state index contributed by atoms with van der Waals surface area (Å²) in [6.45, 7) is 4.68. The predicted octanol–water partition coefficient (Wildman–Crippen LogP) is 3.02. The average Bonchev–Trinajstić information content (AvgIpc) is 2.06. The van der Waals surface area contributed by atoms with Gasteiger partial charge in [0.2, 0.25) is 0 Å². The van der Waals surface area contributed by atoms with Gasteiger partial charge in [0.1, 0.15) is 0 Å². The van der Waals surface area contributed by atoms with Crippen LogP contribution in [0.2, 0.25) is 0 Å². The lowest BCUT2D eigenvalue weighted by Gasteiger charge is -2.36. The maximum Gasteiger partial charge on any atom is -0.00220 e. The Morgan fingerprint density at radius 3 is 2.00 bits per heavy atom. The van der Waals surface area contributed by atoms with Crippen molar-refractivity contribution in [1.29, 1.82) is 0 Å². The first kappa shape index (κ1) is 7.15. The molecular formula is C11H16. The Hall–Kier alpha value is -0.520. The fourth-order valence-electron chi connectivity index (χ4n) is 2.30. The highest BCUT2D eigenvalue weighted by Crippen LogP contribution is 2.39. The monoisotopic (exact) mass is 148 g/mol. The molecule has 0 saturated carbocycles. The van der Waals surface area contributed by atoms with E-state index in [1.807, 2.05) is 0 Å². The molecule has 2 bridgehead atoms. The first-order valence-corrected chi connectivity index (χ1v) is 4.64. The van der Waals surface area contributed by atoms with Crippen molar-refractivity contribution < 1.29 is 0 Å². The number of hydrogen-bond acceptors (Lipinski definition) is 0. The molecule has 0 heterocycles. The van der Waals surface area contributed by atoms with E-state index < -0.39 is 0 Å². The average molecular weight is 148 g/mol. The van der Waals surface area contributed by atoms with Gasteiger partial charge in [-0.05, 0) is 30.1 Å². The molecule has 3 rings (SSSR count). The zero-order chi connectivity index (χ0) is 7.84. The zero-order valence-electron chi connectivity index (χ0n) is 7.33. The van der Waals surface area contributed by atoms with Crippen molar-refractivity contribution in [2.45, 2.75) is 20.3 Å². The summed E-state index contributed by atoms with van der Waals surface area (Å²) in [5.74, 6) is 3.26. The van der Waals surface area contributed by atoms with Gasteiger partial charge in [-0.1, -0.05) is 38.2 Å². The van der Waals surface area contributed by atoms with Crippen LogP contribution >= 0.6 is 0 Å². The molecule has 0 fully saturated rings. The molecule has 0 radical (unpaired) electrons. The van der Waals surface area contributed by atoms with Crippen LogP contribution in [0, 0.1) is 23.7 Å². The molecule has 0 spiro atoms. The van der Waals surface area contributed by atoms with Gasteiger partial charge in [-0.2, -0.15) is 0 Å². The van der Waals surface area contributed by atoms with Gasteiger partial charge in [-0.25, -0.2) is 0 Å². The molecule has 3 aliphatic rings. The molecule has 3 aliphatic carbocycles. The normalized spacial score (nSPS) is 40.5. The zero-order valence-corrected chi connectivity index (χ0v) is 7.33. The summed E-state index contributed by atoms with van der Waals surface area (Å²) in [6, 6.07) is 0. The Labute approximate surface area is 69.0 Å². The molecule has 0 aromatic carbocycles. The van der Waals surface area contributed by atoms with Gasteiger partial charge < -0.3 is 0 Å². The summed E-state index contributed by atoms with van der Waals surface area (Å²) >= 11 is 0. The first-order chi connectivity index (χ1) is 5.27. The van der Waals surface area contributed by atoms with Crippen molar-refractivity contribution in [3.05, 3.63) is 24.3 Å². The summed E-state index contributed by atoms with van der Waals surface area (Å²) in [5, 5.41) is 0. The summed E-state index contributed by atoms with van der Waals surface area (Å²) in [7, 11) is 0. The topological polar surface area (TPSA) is 0 Å². The number of rotatable bonds is 1. The van der Waals surface area contributed by atoms with E-state index in [0.717, 1.165) is 23.7 Å². The van der Waals surface area contributed by atoms with Crippen LogP contribution in [0.5, 0.6) is 0 Å². The van der Waals surface area contributed by atoms with Gasteiger partial charge in [0.15, 0.2) is 0 Å². The molecule has 1 unspecified atom stereocenters. The standard InChI is InChI=1S/C11H16/c1-8(2)11-7-9-3-5-10(11)6-4-9/h3-6,8-11H,7H2,1-2H3. The van der Waals surface area contributed by atoms with Crippen molar-refractivity contribution >= 4 is 0 Å². The van der Waals surface area contributed by atoms with Crippen LogP contribution in [0.15, 0.2) is 24.3 Å². The van der Waals surface area contributed by atoms with Gasteiger partial charge in [0, 0.05) is 0 Å². The van der Waals surface area contributed by atoms with Gasteiger partial charge in [0.25, 0.3) is 0 Å². The summed E-state index contributed by atoms with van der Waals surface area (Å²) < 4.78 is 0. The third-order valence-electron chi connectivity index (χ3n) is 3.06. The Balaban J connectivity index is 2.18. The van der Waals surface area contributed by atoms with Crippen LogP contribution in [0.1, 0.15) is 20.3 Å². The van der Waals surface area contributed by atoms with E-state index in [0.29, 0.717) is 0 Å². The van der Waals surface area contributed by atoms with E-state index in [2.05, 4.69) is 38.2 Å². The highest BCUT2D eigenvalue weighted by atomic mass is 14.3. The Kier molecular flexibility index (Phi) is 1.63. The summed E-state index contributed by atoms with van der Waals surface area (Å²) in [6.07, 6.45) is 10.9. The highest BCUT2D eigenvalue weighted by Gasteiger charge is 2.29. The third-order valence-corrected chi connectivity index (χ3v) is 3.06. The molecule has 11 heavy (non-hydrogen) atoms. The van der Waals surface area contributed by atoms with Gasteiger partial charge >= 0.3 is 0 Å². The molecule has 0 aromatic rings. The third kappa shape index (κ3) is 1.15. The second-order valence-corrected chi connectivity index (χ2v) is 4.15. The van der Waals surface area contributed by atoms with Crippen LogP contribution in [0.3, 0.4) is 0 Å². The molecular weight excluding hydrogens is 132 g/mol. The van der Waals surface area contributed by atoms with Crippen molar-refractivity contribution in [2.24, 2.45) is 23.7 Å². The quantitative estimate of drug-likeness (QED) is 0.501. The second kappa shape index (κ2) is 2.51. The largest absolute Gasteiger partial charge is 0.0810 e. The van der Waals surface area contributed by atoms with E-state index in [1.165, 1.54) is 6.42 Å². The molecule has 0 aromatic heterocycles. The SMILES string of the molecule is CC(C)C1CC2C=CC1C=C2. The predicted molar refractivity (Wildman–Crippen MR) is 48.2 cm³/mol. The lowest BCUT2D eigenvalue weighted by Crippen LogP contribution is -2.26. The molecule has 0 N–H and O–H groups in total. The fraction of sp³-hybridized carbons (Fsp3) is 0.636. The number of hydrogen-bond donors (Lipinski definition) is 0. The maximum atomic E-state index is 2.39. The van der Waals surface area contributed by atoms with Crippen LogP contribution < -0.4 is 0 Å². The molecule has 0 aliphatic heterocycles. The lowest BCUT2D eigenvalue weighted by atomic mass is 9.69. The molecule has 1 atom stereocenters. The lowest BCUT2D eigenvalue weighted by molar-refractivity contribution is 0.268. The molecule has 60 valence electrons. The number of fused-ring (bicyclic) bond motifs is 1. The van der Waals surface area contributed by atoms with Crippen molar-refractivity contribution in [1.82, 2.24) is 0 Å². The summed E-state index contributed by atoms with van der Waals surface area (Å²) in [5.41, 5.74) is 0. The van der Waals surface area contributed by atoms with E-state index >= 15 is 0 Å². The fourth-order valence-corrected chi connectivity index (χ4v) is 2.30. The van der Waals surface area contributed by atoms with Gasteiger partial charge in [0.05, 0.1) is 0 Å². The van der Waals surface area contributed by atoms with Crippen molar-refractivity contribution in [2.75, 3.05) is 0 Å². The van der Waals surface area contributed by atoms with Gasteiger partial charge in [-0.3, -0.25) is 0 Å². The Bertz CT molecular complexity index is 184. The molecule has 0 amide bonds. The maximum absolute atomic E-state index is 2.39. The Morgan fingerprint density at radius 1 is 1.09 bits per heavy atom. The van der Waals surface area contributed by atoms with Crippen LogP contribution in [-0.4, -0.2) is 0 Å². The molecule has 0 saturated heterocycles. The van der Waals surface area contributed by atoms with E-state index in [9.17, 15) is 0 Å². The molecule has 0 heteroatoms. The second-order valence-electron chi connectivity index (χ2n) is 4.15. The van der Waals surface area contributed by atoms with Crippen molar-refractivity contribution in [3.63, 3.8) is 0 Å². The smallest absolute Gasteiger partial charge is 0.00220 e. The minimum absolute atomic E-state index is 0.750. The Morgan fingerprint density at radius 2 is 1.73 bits per heavy atom. The van der Waals surface area contributed by atoms with Crippen LogP contribution in [-0.2, 0) is 0 Å². The van der Waals surface area contributed by atoms with Crippen LogP contribution in [0.25, 0.3) is 0 Å². The van der Waals surface area contributed by atoms with E-state index in [4.69, 9.17) is 0 Å². The highest BCUT2D eigenvalue weighted by molar-refractivity contribution is 5.19. The minimum atomic E-state index is 0.750. The minimum Gasteiger partial charge on any atom is -0.0810 e. The summed E-state index contributed by atoms with van der Waals surface area (Å²) in [4.78, 5) is 0.